The number of hydrogen-bond donors (Lipinski definition) is 1. The Morgan fingerprint density at radius 1 is 1.53 bits per heavy atom. The first kappa shape index (κ1) is 12.8. The van der Waals surface area contributed by atoms with Crippen LogP contribution in [-0.4, -0.2) is 38.8 Å². The highest BCUT2D eigenvalue weighted by atomic mass is 32.1. The minimum atomic E-state index is 0.730. The Labute approximate surface area is 107 Å². The summed E-state index contributed by atoms with van der Waals surface area (Å²) in [6.45, 7) is 3.98. The van der Waals surface area contributed by atoms with Gasteiger partial charge in [0.15, 0.2) is 5.13 Å². The third-order valence-corrected chi connectivity index (χ3v) is 4.14. The Balaban J connectivity index is 1.86. The minimum absolute atomic E-state index is 0.730. The van der Waals surface area contributed by atoms with E-state index in [1.807, 2.05) is 7.05 Å². The van der Waals surface area contributed by atoms with Crippen molar-refractivity contribution >= 4 is 16.5 Å². The number of anilines is 1. The zero-order valence-corrected chi connectivity index (χ0v) is 11.4. The van der Waals surface area contributed by atoms with Crippen molar-refractivity contribution in [3.8, 4) is 0 Å². The third kappa shape index (κ3) is 3.40. The molecule has 2 heterocycles. The largest absolute Gasteiger partial charge is 0.384 e. The predicted molar refractivity (Wildman–Crippen MR) is 71.7 cm³/mol. The van der Waals surface area contributed by atoms with Crippen LogP contribution in [0.3, 0.4) is 0 Å². The number of piperidine rings is 1. The van der Waals surface area contributed by atoms with Gasteiger partial charge in [-0.2, -0.15) is 0 Å². The van der Waals surface area contributed by atoms with Crippen molar-refractivity contribution in [3.05, 3.63) is 11.1 Å². The molecule has 1 aliphatic rings. The Bertz CT molecular complexity index is 334. The SMILES string of the molecule is CNCc1csc(N2CCC(COC)CC2)n1. The van der Waals surface area contributed by atoms with Gasteiger partial charge >= 0.3 is 0 Å². The molecule has 0 atom stereocenters. The molecule has 1 aliphatic heterocycles. The normalized spacial score (nSPS) is 17.6. The highest BCUT2D eigenvalue weighted by Gasteiger charge is 2.20. The van der Waals surface area contributed by atoms with Crippen LogP contribution in [0.15, 0.2) is 5.38 Å². The van der Waals surface area contributed by atoms with E-state index >= 15 is 0 Å². The topological polar surface area (TPSA) is 37.4 Å². The number of nitrogens with zero attached hydrogens (tertiary/aromatic N) is 2. The summed E-state index contributed by atoms with van der Waals surface area (Å²) in [5, 5.41) is 6.45. The lowest BCUT2D eigenvalue weighted by Gasteiger charge is -2.31. The average Bonchev–Trinajstić information content (AvgIpc) is 2.80. The maximum absolute atomic E-state index is 5.22. The molecule has 96 valence electrons. The van der Waals surface area contributed by atoms with Gasteiger partial charge in [-0.15, -0.1) is 11.3 Å². The molecule has 1 fully saturated rings. The van der Waals surface area contributed by atoms with Crippen molar-refractivity contribution in [1.82, 2.24) is 10.3 Å². The highest BCUT2D eigenvalue weighted by Crippen LogP contribution is 2.26. The van der Waals surface area contributed by atoms with Gasteiger partial charge in [0, 0.05) is 38.7 Å². The first-order chi connectivity index (χ1) is 8.33. The van der Waals surface area contributed by atoms with E-state index < -0.39 is 0 Å². The zero-order chi connectivity index (χ0) is 12.1. The molecular weight excluding hydrogens is 234 g/mol. The van der Waals surface area contributed by atoms with Gasteiger partial charge in [0.2, 0.25) is 0 Å². The molecule has 0 unspecified atom stereocenters. The van der Waals surface area contributed by atoms with Gasteiger partial charge in [0.25, 0.3) is 0 Å². The van der Waals surface area contributed by atoms with Crippen LogP contribution in [0.25, 0.3) is 0 Å². The molecule has 4 nitrogen and oxygen atoms in total. The number of nitrogens with one attached hydrogen (secondary N) is 1. The van der Waals surface area contributed by atoms with Crippen LogP contribution < -0.4 is 10.2 Å². The Morgan fingerprint density at radius 3 is 2.94 bits per heavy atom. The summed E-state index contributed by atoms with van der Waals surface area (Å²) in [5.41, 5.74) is 1.14. The van der Waals surface area contributed by atoms with E-state index in [9.17, 15) is 0 Å². The van der Waals surface area contributed by atoms with E-state index in [0.717, 1.165) is 37.9 Å². The maximum Gasteiger partial charge on any atom is 0.185 e. The first-order valence-corrected chi connectivity index (χ1v) is 7.04. The molecule has 5 heteroatoms. The Morgan fingerprint density at radius 2 is 2.29 bits per heavy atom. The Hall–Kier alpha value is -0.650. The average molecular weight is 255 g/mol. The number of thiazole rings is 1. The van der Waals surface area contributed by atoms with E-state index in [2.05, 4.69) is 20.6 Å². The van der Waals surface area contributed by atoms with Crippen LogP contribution in [-0.2, 0) is 11.3 Å². The fourth-order valence-corrected chi connectivity index (χ4v) is 3.11. The van der Waals surface area contributed by atoms with Gasteiger partial charge in [-0.1, -0.05) is 0 Å². The minimum Gasteiger partial charge on any atom is -0.384 e. The van der Waals surface area contributed by atoms with Crippen molar-refractivity contribution in [3.63, 3.8) is 0 Å². The van der Waals surface area contributed by atoms with Crippen LogP contribution in [0.2, 0.25) is 0 Å². The maximum atomic E-state index is 5.22. The molecule has 1 N–H and O–H groups in total. The Kier molecular flexibility index (Phi) is 4.76. The standard InChI is InChI=1S/C12H21N3OS/c1-13-7-11-9-17-12(14-11)15-5-3-10(4-6-15)8-16-2/h9-10,13H,3-8H2,1-2H3. The predicted octanol–water partition coefficient (Wildman–Crippen LogP) is 1.73. The summed E-state index contributed by atoms with van der Waals surface area (Å²) in [5.74, 6) is 0.730. The van der Waals surface area contributed by atoms with Crippen molar-refractivity contribution in [1.29, 1.82) is 0 Å². The molecule has 0 bridgehead atoms. The zero-order valence-electron chi connectivity index (χ0n) is 10.6. The molecular formula is C12H21N3OS. The number of ether oxygens (including phenoxy) is 1. The van der Waals surface area contributed by atoms with E-state index in [1.165, 1.54) is 18.0 Å². The van der Waals surface area contributed by atoms with Gasteiger partial charge in [-0.3, -0.25) is 0 Å². The second-order valence-corrected chi connectivity index (χ2v) is 5.37. The summed E-state index contributed by atoms with van der Waals surface area (Å²) >= 11 is 1.75. The summed E-state index contributed by atoms with van der Waals surface area (Å²) in [4.78, 5) is 7.04. The lowest BCUT2D eigenvalue weighted by atomic mass is 9.98. The molecule has 0 aliphatic carbocycles. The highest BCUT2D eigenvalue weighted by molar-refractivity contribution is 7.13. The fourth-order valence-electron chi connectivity index (χ4n) is 2.23. The molecule has 17 heavy (non-hydrogen) atoms. The molecule has 0 radical (unpaired) electrons. The number of methoxy groups -OCH3 is 1. The molecule has 1 aromatic rings. The van der Waals surface area contributed by atoms with E-state index in [0.29, 0.717) is 0 Å². The first-order valence-electron chi connectivity index (χ1n) is 6.16. The molecule has 2 rings (SSSR count). The van der Waals surface area contributed by atoms with E-state index in [-0.39, 0.29) is 0 Å². The van der Waals surface area contributed by atoms with E-state index in [1.54, 1.807) is 18.4 Å². The molecule has 0 aromatic carbocycles. The second-order valence-electron chi connectivity index (χ2n) is 4.54. The summed E-state index contributed by atoms with van der Waals surface area (Å²) in [7, 11) is 3.74. The van der Waals surface area contributed by atoms with Crippen molar-refractivity contribution < 1.29 is 4.74 Å². The van der Waals surface area contributed by atoms with Gasteiger partial charge in [0.1, 0.15) is 0 Å². The number of rotatable bonds is 5. The van der Waals surface area contributed by atoms with Crippen LogP contribution in [0.1, 0.15) is 18.5 Å². The van der Waals surface area contributed by atoms with E-state index in [4.69, 9.17) is 4.74 Å². The third-order valence-electron chi connectivity index (χ3n) is 3.18. The lowest BCUT2D eigenvalue weighted by Crippen LogP contribution is -2.34. The van der Waals surface area contributed by atoms with Crippen LogP contribution in [0, 0.1) is 5.92 Å². The van der Waals surface area contributed by atoms with Gasteiger partial charge in [-0.05, 0) is 25.8 Å². The van der Waals surface area contributed by atoms with Crippen LogP contribution in [0.5, 0.6) is 0 Å². The van der Waals surface area contributed by atoms with Crippen LogP contribution in [0.4, 0.5) is 5.13 Å². The van der Waals surface area contributed by atoms with Crippen molar-refractivity contribution in [2.24, 2.45) is 5.92 Å². The quantitative estimate of drug-likeness (QED) is 0.869. The van der Waals surface area contributed by atoms with Gasteiger partial charge < -0.3 is 15.0 Å². The monoisotopic (exact) mass is 255 g/mol. The summed E-state index contributed by atoms with van der Waals surface area (Å²) in [6, 6.07) is 0. The fraction of sp³-hybridized carbons (Fsp3) is 0.750. The number of hydrogen-bond acceptors (Lipinski definition) is 5. The lowest BCUT2D eigenvalue weighted by molar-refractivity contribution is 0.139. The van der Waals surface area contributed by atoms with Gasteiger partial charge in [-0.25, -0.2) is 4.98 Å². The molecule has 0 spiro atoms. The van der Waals surface area contributed by atoms with Crippen molar-refractivity contribution in [2.75, 3.05) is 38.8 Å². The number of aromatic nitrogens is 1. The summed E-state index contributed by atoms with van der Waals surface area (Å²) < 4.78 is 5.22. The molecule has 1 saturated heterocycles. The summed E-state index contributed by atoms with van der Waals surface area (Å²) in [6.07, 6.45) is 2.43. The smallest absolute Gasteiger partial charge is 0.185 e. The van der Waals surface area contributed by atoms with Gasteiger partial charge in [0.05, 0.1) is 5.69 Å². The molecule has 0 saturated carbocycles. The molecule has 1 aromatic heterocycles. The van der Waals surface area contributed by atoms with Crippen LogP contribution >= 0.6 is 11.3 Å². The van der Waals surface area contributed by atoms with Crippen molar-refractivity contribution in [2.45, 2.75) is 19.4 Å². The molecule has 0 amide bonds. The second kappa shape index (κ2) is 6.33.